The van der Waals surface area contributed by atoms with Gasteiger partial charge in [0.25, 0.3) is 5.91 Å². The summed E-state index contributed by atoms with van der Waals surface area (Å²) in [6, 6.07) is 18.1. The van der Waals surface area contributed by atoms with Gasteiger partial charge in [-0.3, -0.25) is 19.4 Å². The lowest BCUT2D eigenvalue weighted by molar-refractivity contribution is 0.0644. The van der Waals surface area contributed by atoms with E-state index in [1.165, 1.54) is 12.3 Å². The summed E-state index contributed by atoms with van der Waals surface area (Å²) in [5, 5.41) is 8.92. The predicted molar refractivity (Wildman–Crippen MR) is 152 cm³/mol. The van der Waals surface area contributed by atoms with Gasteiger partial charge in [-0.1, -0.05) is 6.07 Å². The average Bonchev–Trinajstić information content (AvgIpc) is 3.02. The molecule has 2 aromatic carbocycles. The highest BCUT2D eigenvalue weighted by molar-refractivity contribution is 5.99. The number of halogens is 2. The van der Waals surface area contributed by atoms with Crippen molar-refractivity contribution in [1.29, 1.82) is 5.26 Å². The van der Waals surface area contributed by atoms with Gasteiger partial charge >= 0.3 is 0 Å². The summed E-state index contributed by atoms with van der Waals surface area (Å²) < 4.78 is 33.0. The van der Waals surface area contributed by atoms with E-state index in [1.54, 1.807) is 54.3 Å². The molecule has 1 saturated heterocycles. The lowest BCUT2D eigenvalue weighted by Gasteiger charge is -2.31. The molecule has 4 aromatic rings. The zero-order valence-corrected chi connectivity index (χ0v) is 23.2. The van der Waals surface area contributed by atoms with E-state index in [0.29, 0.717) is 47.4 Å². The number of piperidine rings is 1. The second-order valence-corrected chi connectivity index (χ2v) is 10.2. The smallest absolute Gasteiger partial charge is 0.272 e. The van der Waals surface area contributed by atoms with Crippen molar-refractivity contribution in [3.63, 3.8) is 0 Å². The SMILES string of the molecule is Cc1nc(Oc2ccc(C#N)cc2)ccc1CC(=O)c1ccc(C(=O)N2CCC(C(=O)c3ccc(F)cc3F)CC2)nc1. The quantitative estimate of drug-likeness (QED) is 0.239. The van der Waals surface area contributed by atoms with Crippen LogP contribution in [0.4, 0.5) is 8.78 Å². The van der Waals surface area contributed by atoms with Gasteiger partial charge in [-0.25, -0.2) is 13.8 Å². The first-order chi connectivity index (χ1) is 20.7. The Bertz CT molecular complexity index is 1730. The number of aryl methyl sites for hydroxylation is 1. The number of amides is 1. The van der Waals surface area contributed by atoms with Crippen LogP contribution in [0.1, 0.15) is 60.9 Å². The summed E-state index contributed by atoms with van der Waals surface area (Å²) in [7, 11) is 0. The van der Waals surface area contributed by atoms with Crippen LogP contribution in [0.2, 0.25) is 0 Å². The number of benzene rings is 2. The highest BCUT2D eigenvalue weighted by Gasteiger charge is 2.30. The van der Waals surface area contributed by atoms with Crippen molar-refractivity contribution >= 4 is 17.5 Å². The van der Waals surface area contributed by atoms with E-state index in [9.17, 15) is 23.2 Å². The molecule has 1 aliphatic heterocycles. The summed E-state index contributed by atoms with van der Waals surface area (Å²) in [6.07, 6.45) is 2.15. The number of ketones is 2. The Labute approximate surface area is 246 Å². The Balaban J connectivity index is 1.15. The van der Waals surface area contributed by atoms with Crippen LogP contribution in [0.5, 0.6) is 11.6 Å². The summed E-state index contributed by atoms with van der Waals surface area (Å²) in [4.78, 5) is 48.9. The van der Waals surface area contributed by atoms with Crippen LogP contribution in [0, 0.1) is 35.8 Å². The minimum Gasteiger partial charge on any atom is -0.439 e. The molecular formula is C33H26F2N4O4. The summed E-state index contributed by atoms with van der Waals surface area (Å²) in [6.45, 7) is 2.36. The number of nitrogens with zero attached hydrogens (tertiary/aromatic N) is 4. The predicted octanol–water partition coefficient (Wildman–Crippen LogP) is 5.89. The number of carbonyl (C=O) groups excluding carboxylic acids is 3. The second-order valence-electron chi connectivity index (χ2n) is 10.2. The Morgan fingerprint density at radius 3 is 2.37 bits per heavy atom. The zero-order valence-electron chi connectivity index (χ0n) is 23.2. The molecule has 8 nitrogen and oxygen atoms in total. The zero-order chi connectivity index (χ0) is 30.5. The first kappa shape index (κ1) is 29.2. The van der Waals surface area contributed by atoms with Crippen LogP contribution in [-0.2, 0) is 6.42 Å². The van der Waals surface area contributed by atoms with Gasteiger partial charge in [-0.15, -0.1) is 0 Å². The van der Waals surface area contributed by atoms with E-state index in [2.05, 4.69) is 9.97 Å². The third-order valence-corrected chi connectivity index (χ3v) is 7.38. The molecule has 43 heavy (non-hydrogen) atoms. The number of pyridine rings is 2. The van der Waals surface area contributed by atoms with Gasteiger partial charge in [0.15, 0.2) is 11.6 Å². The van der Waals surface area contributed by atoms with Gasteiger partial charge in [-0.05, 0) is 73.9 Å². The normalized spacial score (nSPS) is 13.3. The Hall–Kier alpha value is -5.30. The van der Waals surface area contributed by atoms with Crippen LogP contribution >= 0.6 is 0 Å². The number of aromatic nitrogens is 2. The molecule has 0 aliphatic carbocycles. The number of nitriles is 1. The van der Waals surface area contributed by atoms with Gasteiger partial charge in [0.2, 0.25) is 5.88 Å². The van der Waals surface area contributed by atoms with Gasteiger partial charge in [0.05, 0.1) is 17.2 Å². The maximum atomic E-state index is 14.0. The fourth-order valence-corrected chi connectivity index (χ4v) is 4.91. The highest BCUT2D eigenvalue weighted by Crippen LogP contribution is 2.25. The second kappa shape index (κ2) is 12.7. The van der Waals surface area contributed by atoms with Crippen molar-refractivity contribution in [2.75, 3.05) is 13.1 Å². The Kier molecular flexibility index (Phi) is 8.62. The minimum absolute atomic E-state index is 0.0845. The highest BCUT2D eigenvalue weighted by atomic mass is 19.1. The average molecular weight is 581 g/mol. The van der Waals surface area contributed by atoms with E-state index < -0.39 is 23.3 Å². The van der Waals surface area contributed by atoms with Crippen molar-refractivity contribution in [2.24, 2.45) is 5.92 Å². The molecular weight excluding hydrogens is 554 g/mol. The van der Waals surface area contributed by atoms with Crippen LogP contribution < -0.4 is 4.74 Å². The van der Waals surface area contributed by atoms with E-state index in [0.717, 1.165) is 17.7 Å². The van der Waals surface area contributed by atoms with E-state index in [1.807, 2.05) is 6.07 Å². The molecule has 1 aliphatic rings. The molecule has 5 rings (SSSR count). The van der Waals surface area contributed by atoms with Crippen LogP contribution in [0.15, 0.2) is 72.9 Å². The number of Topliss-reactive ketones (excluding diaryl/α,β-unsaturated/α-hetero) is 2. The molecule has 0 atom stereocenters. The first-order valence-corrected chi connectivity index (χ1v) is 13.6. The molecule has 1 fully saturated rings. The van der Waals surface area contributed by atoms with Gasteiger partial charge in [-0.2, -0.15) is 5.26 Å². The monoisotopic (exact) mass is 580 g/mol. The van der Waals surface area contributed by atoms with Gasteiger partial charge in [0.1, 0.15) is 23.1 Å². The lowest BCUT2D eigenvalue weighted by atomic mass is 9.88. The number of rotatable bonds is 8. The molecule has 3 heterocycles. The largest absolute Gasteiger partial charge is 0.439 e. The summed E-state index contributed by atoms with van der Waals surface area (Å²) >= 11 is 0. The Morgan fingerprint density at radius 2 is 1.74 bits per heavy atom. The molecule has 10 heteroatoms. The minimum atomic E-state index is -0.889. The van der Waals surface area contributed by atoms with Crippen molar-refractivity contribution in [1.82, 2.24) is 14.9 Å². The van der Waals surface area contributed by atoms with Crippen molar-refractivity contribution in [3.05, 3.63) is 118 Å². The summed E-state index contributed by atoms with van der Waals surface area (Å²) in [5.74, 6) is -2.12. The molecule has 216 valence electrons. The van der Waals surface area contributed by atoms with Crippen molar-refractivity contribution in [3.8, 4) is 17.7 Å². The Morgan fingerprint density at radius 1 is 1.00 bits per heavy atom. The molecule has 0 radical (unpaired) electrons. The third-order valence-electron chi connectivity index (χ3n) is 7.38. The molecule has 0 bridgehead atoms. The van der Waals surface area contributed by atoms with Crippen LogP contribution in [0.25, 0.3) is 0 Å². The van der Waals surface area contributed by atoms with Crippen molar-refractivity contribution < 1.29 is 27.9 Å². The van der Waals surface area contributed by atoms with E-state index in [-0.39, 0.29) is 42.5 Å². The van der Waals surface area contributed by atoms with Gasteiger partial charge in [0, 0.05) is 55.0 Å². The fraction of sp³-hybridized carbons (Fsp3) is 0.212. The number of hydrogen-bond donors (Lipinski definition) is 0. The van der Waals surface area contributed by atoms with Gasteiger partial charge < -0.3 is 9.64 Å². The van der Waals surface area contributed by atoms with E-state index >= 15 is 0 Å². The number of ether oxygens (including phenoxy) is 1. The first-order valence-electron chi connectivity index (χ1n) is 13.6. The molecule has 0 spiro atoms. The maximum Gasteiger partial charge on any atom is 0.272 e. The van der Waals surface area contributed by atoms with Crippen LogP contribution in [0.3, 0.4) is 0 Å². The lowest BCUT2D eigenvalue weighted by Crippen LogP contribution is -2.40. The molecule has 2 aromatic heterocycles. The molecule has 1 amide bonds. The molecule has 0 saturated carbocycles. The van der Waals surface area contributed by atoms with E-state index in [4.69, 9.17) is 10.00 Å². The third kappa shape index (κ3) is 6.79. The van der Waals surface area contributed by atoms with Crippen LogP contribution in [-0.4, -0.2) is 45.4 Å². The fourth-order valence-electron chi connectivity index (χ4n) is 4.91. The maximum absolute atomic E-state index is 14.0. The molecule has 0 N–H and O–H groups in total. The van der Waals surface area contributed by atoms with Crippen molar-refractivity contribution in [2.45, 2.75) is 26.2 Å². The number of hydrogen-bond acceptors (Lipinski definition) is 7. The number of carbonyl (C=O) groups is 3. The summed E-state index contributed by atoms with van der Waals surface area (Å²) in [5.41, 5.74) is 2.24. The standard InChI is InChI=1S/C33H26F2N4O4/c1-20-23(5-11-31(38-20)43-26-7-2-21(18-36)3-8-26)16-30(40)24-4-10-29(37-19-24)33(42)39-14-12-22(13-15-39)32(41)27-9-6-25(34)17-28(27)35/h2-11,17,19,22H,12-16H2,1H3. The number of likely N-dealkylation sites (tertiary alicyclic amines) is 1. The molecule has 0 unspecified atom stereocenters. The topological polar surface area (TPSA) is 113 Å².